The molecule has 3 rings (SSSR count). The van der Waals surface area contributed by atoms with Gasteiger partial charge in [-0.2, -0.15) is 0 Å². The average Bonchev–Trinajstić information content (AvgIpc) is 2.64. The van der Waals surface area contributed by atoms with Crippen molar-refractivity contribution in [3.8, 4) is 5.75 Å². The summed E-state index contributed by atoms with van der Waals surface area (Å²) < 4.78 is 5.58. The third kappa shape index (κ3) is 4.26. The summed E-state index contributed by atoms with van der Waals surface area (Å²) in [6.45, 7) is 5.95. The zero-order valence-electron chi connectivity index (χ0n) is 14.7. The fourth-order valence-electron chi connectivity index (χ4n) is 3.05. The van der Waals surface area contributed by atoms with Crippen LogP contribution >= 0.6 is 0 Å². The number of rotatable bonds is 5. The quantitative estimate of drug-likeness (QED) is 0.906. The molecule has 0 aliphatic carbocycles. The number of piperidine rings is 1. The number of benzene rings is 1. The number of nitrogens with zero attached hydrogens (tertiary/aromatic N) is 3. The van der Waals surface area contributed by atoms with Crippen molar-refractivity contribution in [3.05, 3.63) is 42.2 Å². The van der Waals surface area contributed by atoms with Crippen molar-refractivity contribution in [1.82, 2.24) is 9.97 Å². The minimum absolute atomic E-state index is 0.0181. The Kier molecular flexibility index (Phi) is 5.48. The second kappa shape index (κ2) is 7.96. The van der Waals surface area contributed by atoms with E-state index in [-0.39, 0.29) is 11.8 Å². The highest BCUT2D eigenvalue weighted by atomic mass is 16.5. The topological polar surface area (TPSA) is 67.3 Å². The Bertz CT molecular complexity index is 735. The van der Waals surface area contributed by atoms with Gasteiger partial charge in [-0.15, -0.1) is 0 Å². The number of carbonyl (C=O) groups is 1. The number of amides is 1. The van der Waals surface area contributed by atoms with Crippen LogP contribution in [0.3, 0.4) is 0 Å². The molecule has 1 saturated heterocycles. The predicted octanol–water partition coefficient (Wildman–Crippen LogP) is 3.04. The fourth-order valence-corrected chi connectivity index (χ4v) is 3.05. The Labute approximate surface area is 148 Å². The number of ether oxygens (including phenoxy) is 1. The van der Waals surface area contributed by atoms with Gasteiger partial charge in [-0.1, -0.05) is 12.1 Å². The van der Waals surface area contributed by atoms with Crippen molar-refractivity contribution < 1.29 is 9.53 Å². The number of nitrogens with one attached hydrogen (secondary N) is 1. The van der Waals surface area contributed by atoms with Crippen molar-refractivity contribution in [2.75, 3.05) is 29.9 Å². The summed E-state index contributed by atoms with van der Waals surface area (Å²) in [5.41, 5.74) is 1.65. The van der Waals surface area contributed by atoms with Gasteiger partial charge in [-0.25, -0.2) is 9.97 Å². The van der Waals surface area contributed by atoms with Crippen molar-refractivity contribution in [3.63, 3.8) is 0 Å². The molecular weight excluding hydrogens is 316 g/mol. The van der Waals surface area contributed by atoms with Crippen LogP contribution in [0.1, 0.15) is 25.5 Å². The molecule has 25 heavy (non-hydrogen) atoms. The lowest BCUT2D eigenvalue weighted by Gasteiger charge is -2.32. The Hall–Kier alpha value is -2.63. The maximum atomic E-state index is 12.7. The van der Waals surface area contributed by atoms with E-state index in [2.05, 4.69) is 20.2 Å². The molecule has 1 aliphatic heterocycles. The van der Waals surface area contributed by atoms with Gasteiger partial charge in [-0.05, 0) is 44.9 Å². The third-order valence-corrected chi connectivity index (χ3v) is 4.30. The molecule has 1 aliphatic rings. The number of anilines is 2. The molecule has 1 fully saturated rings. The van der Waals surface area contributed by atoms with E-state index < -0.39 is 0 Å². The summed E-state index contributed by atoms with van der Waals surface area (Å²) in [7, 11) is 0. The molecule has 1 amide bonds. The Balaban J connectivity index is 1.68. The molecule has 0 saturated carbocycles. The molecule has 6 nitrogen and oxygen atoms in total. The lowest BCUT2D eigenvalue weighted by molar-refractivity contribution is -0.120. The van der Waals surface area contributed by atoms with Crippen LogP contribution in [0.4, 0.5) is 11.6 Å². The first kappa shape index (κ1) is 17.2. The van der Waals surface area contributed by atoms with Gasteiger partial charge < -0.3 is 15.0 Å². The second-order valence-electron chi connectivity index (χ2n) is 6.20. The van der Waals surface area contributed by atoms with Gasteiger partial charge in [-0.3, -0.25) is 4.79 Å². The van der Waals surface area contributed by atoms with E-state index in [1.165, 1.54) is 0 Å². The van der Waals surface area contributed by atoms with Gasteiger partial charge in [0.05, 0.1) is 18.2 Å². The third-order valence-electron chi connectivity index (χ3n) is 4.30. The highest BCUT2D eigenvalue weighted by Gasteiger charge is 2.27. The lowest BCUT2D eigenvalue weighted by Crippen LogP contribution is -2.41. The van der Waals surface area contributed by atoms with Crippen molar-refractivity contribution in [1.29, 1.82) is 0 Å². The average molecular weight is 340 g/mol. The van der Waals surface area contributed by atoms with Gasteiger partial charge in [0, 0.05) is 25.0 Å². The normalized spacial score (nSPS) is 17.2. The van der Waals surface area contributed by atoms with Crippen LogP contribution in [0.5, 0.6) is 5.75 Å². The number of para-hydroxylation sites is 2. The first-order chi connectivity index (χ1) is 12.2. The number of aromatic nitrogens is 2. The highest BCUT2D eigenvalue weighted by molar-refractivity contribution is 5.94. The number of aryl methyl sites for hydroxylation is 1. The van der Waals surface area contributed by atoms with Crippen LogP contribution in [-0.2, 0) is 4.79 Å². The van der Waals surface area contributed by atoms with Crippen molar-refractivity contribution in [2.45, 2.75) is 26.7 Å². The first-order valence-corrected chi connectivity index (χ1v) is 8.74. The maximum absolute atomic E-state index is 12.7. The minimum Gasteiger partial charge on any atom is -0.492 e. The Morgan fingerprint density at radius 3 is 3.00 bits per heavy atom. The van der Waals surface area contributed by atoms with Crippen LogP contribution in [0.2, 0.25) is 0 Å². The molecule has 2 aromatic rings. The minimum atomic E-state index is -0.0902. The SMILES string of the molecule is CCOc1ccccc1NC(=O)[C@H]1CCCN(c2nccc(C)n2)C1. The van der Waals surface area contributed by atoms with Gasteiger partial charge >= 0.3 is 0 Å². The highest BCUT2D eigenvalue weighted by Crippen LogP contribution is 2.26. The molecular formula is C19H24N4O2. The van der Waals surface area contributed by atoms with E-state index in [4.69, 9.17) is 4.74 Å². The molecule has 1 N–H and O–H groups in total. The molecule has 0 unspecified atom stereocenters. The maximum Gasteiger partial charge on any atom is 0.229 e. The predicted molar refractivity (Wildman–Crippen MR) is 97.9 cm³/mol. The van der Waals surface area contributed by atoms with Crippen LogP contribution < -0.4 is 15.0 Å². The van der Waals surface area contributed by atoms with Crippen LogP contribution in [-0.4, -0.2) is 35.6 Å². The molecule has 1 aromatic carbocycles. The summed E-state index contributed by atoms with van der Waals surface area (Å²) >= 11 is 0. The second-order valence-corrected chi connectivity index (χ2v) is 6.20. The van der Waals surface area contributed by atoms with E-state index in [9.17, 15) is 4.79 Å². The summed E-state index contributed by atoms with van der Waals surface area (Å²) in [6.07, 6.45) is 3.58. The van der Waals surface area contributed by atoms with Gasteiger partial charge in [0.2, 0.25) is 11.9 Å². The van der Waals surface area contributed by atoms with Gasteiger partial charge in [0.1, 0.15) is 5.75 Å². The van der Waals surface area contributed by atoms with E-state index >= 15 is 0 Å². The lowest BCUT2D eigenvalue weighted by atomic mass is 9.97. The van der Waals surface area contributed by atoms with Crippen molar-refractivity contribution in [2.24, 2.45) is 5.92 Å². The van der Waals surface area contributed by atoms with Gasteiger partial charge in [0.15, 0.2) is 0 Å². The van der Waals surface area contributed by atoms with Crippen LogP contribution in [0, 0.1) is 12.8 Å². The summed E-state index contributed by atoms with van der Waals surface area (Å²) in [6, 6.07) is 9.41. The molecule has 0 spiro atoms. The first-order valence-electron chi connectivity index (χ1n) is 8.74. The number of hydrogen-bond donors (Lipinski definition) is 1. The van der Waals surface area contributed by atoms with Crippen molar-refractivity contribution >= 4 is 17.5 Å². The molecule has 1 aromatic heterocycles. The summed E-state index contributed by atoms with van der Waals surface area (Å²) in [5.74, 6) is 1.33. The van der Waals surface area contributed by atoms with E-state index in [1.54, 1.807) is 6.20 Å². The van der Waals surface area contributed by atoms with E-state index in [0.717, 1.165) is 30.8 Å². The van der Waals surface area contributed by atoms with Crippen LogP contribution in [0.15, 0.2) is 36.5 Å². The number of carbonyl (C=O) groups excluding carboxylic acids is 1. The van der Waals surface area contributed by atoms with Crippen LogP contribution in [0.25, 0.3) is 0 Å². The van der Waals surface area contributed by atoms with E-state index in [0.29, 0.717) is 24.8 Å². The monoisotopic (exact) mass is 340 g/mol. The van der Waals surface area contributed by atoms with E-state index in [1.807, 2.05) is 44.2 Å². The van der Waals surface area contributed by atoms with Gasteiger partial charge in [0.25, 0.3) is 0 Å². The molecule has 132 valence electrons. The molecule has 0 bridgehead atoms. The zero-order chi connectivity index (χ0) is 17.6. The smallest absolute Gasteiger partial charge is 0.229 e. The molecule has 0 radical (unpaired) electrons. The standard InChI is InChI=1S/C19H24N4O2/c1-3-25-17-9-5-4-8-16(17)22-18(24)15-7-6-12-23(13-15)19-20-11-10-14(2)21-19/h4-5,8-11,15H,3,6-7,12-13H2,1-2H3,(H,22,24)/t15-/m0/s1. The summed E-state index contributed by atoms with van der Waals surface area (Å²) in [5, 5.41) is 3.02. The molecule has 2 heterocycles. The Morgan fingerprint density at radius 1 is 1.36 bits per heavy atom. The molecule has 6 heteroatoms. The number of hydrogen-bond acceptors (Lipinski definition) is 5. The Morgan fingerprint density at radius 2 is 2.20 bits per heavy atom. The zero-order valence-corrected chi connectivity index (χ0v) is 14.7. The largest absolute Gasteiger partial charge is 0.492 e. The summed E-state index contributed by atoms with van der Waals surface area (Å²) in [4.78, 5) is 23.6. The molecule has 1 atom stereocenters. The fraction of sp³-hybridized carbons (Fsp3) is 0.421.